The van der Waals surface area contributed by atoms with E-state index in [9.17, 15) is 9.59 Å². The first-order chi connectivity index (χ1) is 15.0. The summed E-state index contributed by atoms with van der Waals surface area (Å²) in [6, 6.07) is 21.5. The van der Waals surface area contributed by atoms with Crippen molar-refractivity contribution >= 4 is 23.2 Å². The number of carbonyl (C=O) groups excluding carboxylic acids is 2. The minimum Gasteiger partial charge on any atom is -0.492 e. The largest absolute Gasteiger partial charge is 0.492 e. The molecule has 0 spiro atoms. The van der Waals surface area contributed by atoms with Gasteiger partial charge in [-0.2, -0.15) is 0 Å². The quantitative estimate of drug-likeness (QED) is 0.537. The molecule has 1 unspecified atom stereocenters. The number of benzene rings is 3. The molecule has 0 aliphatic carbocycles. The van der Waals surface area contributed by atoms with Crippen LogP contribution < -0.4 is 20.1 Å². The van der Waals surface area contributed by atoms with Gasteiger partial charge >= 0.3 is 0 Å². The lowest BCUT2D eigenvalue weighted by Crippen LogP contribution is -2.30. The van der Waals surface area contributed by atoms with E-state index in [0.717, 1.165) is 11.3 Å². The van der Waals surface area contributed by atoms with Crippen LogP contribution in [0.25, 0.3) is 0 Å². The fourth-order valence-corrected chi connectivity index (χ4v) is 2.94. The Balaban J connectivity index is 1.59. The van der Waals surface area contributed by atoms with Gasteiger partial charge in [-0.1, -0.05) is 30.3 Å². The fourth-order valence-electron chi connectivity index (χ4n) is 2.94. The summed E-state index contributed by atoms with van der Waals surface area (Å²) >= 11 is 0. The van der Waals surface area contributed by atoms with E-state index in [1.165, 1.54) is 0 Å². The second-order valence-corrected chi connectivity index (χ2v) is 6.97. The van der Waals surface area contributed by atoms with Crippen molar-refractivity contribution in [3.8, 4) is 11.5 Å². The summed E-state index contributed by atoms with van der Waals surface area (Å²) in [5.41, 5.74) is 2.85. The van der Waals surface area contributed by atoms with Crippen LogP contribution in [0.1, 0.15) is 29.8 Å². The maximum Gasteiger partial charge on any atom is 0.265 e. The Hall–Kier alpha value is -3.80. The SMILES string of the molecule is CCOc1ccccc1NC(=O)C(C)Oc1ccc(C(=O)Nc2ccccc2C)cc1. The summed E-state index contributed by atoms with van der Waals surface area (Å²) in [6.07, 6.45) is -0.735. The summed E-state index contributed by atoms with van der Waals surface area (Å²) in [4.78, 5) is 25.0. The van der Waals surface area contributed by atoms with Crippen LogP contribution in [0.15, 0.2) is 72.8 Å². The van der Waals surface area contributed by atoms with Crippen LogP contribution in [0.5, 0.6) is 11.5 Å². The van der Waals surface area contributed by atoms with Crippen LogP contribution in [0, 0.1) is 6.92 Å². The Bertz CT molecular complexity index is 1050. The standard InChI is InChI=1S/C25H26N2O4/c1-4-30-23-12-8-7-11-22(23)27-24(28)18(3)31-20-15-13-19(14-16-20)25(29)26-21-10-6-5-9-17(21)2/h5-16,18H,4H2,1-3H3,(H,26,29)(H,27,28). The Morgan fingerprint density at radius 1 is 0.871 bits per heavy atom. The van der Waals surface area contributed by atoms with Gasteiger partial charge in [0.15, 0.2) is 6.10 Å². The zero-order chi connectivity index (χ0) is 22.2. The third-order valence-electron chi connectivity index (χ3n) is 4.64. The van der Waals surface area contributed by atoms with E-state index >= 15 is 0 Å². The smallest absolute Gasteiger partial charge is 0.265 e. The van der Waals surface area contributed by atoms with Crippen molar-refractivity contribution in [1.29, 1.82) is 0 Å². The van der Waals surface area contributed by atoms with Crippen LogP contribution in [0.4, 0.5) is 11.4 Å². The molecule has 1 atom stereocenters. The molecule has 160 valence electrons. The van der Waals surface area contributed by atoms with E-state index in [-0.39, 0.29) is 11.8 Å². The Morgan fingerprint density at radius 2 is 1.52 bits per heavy atom. The summed E-state index contributed by atoms with van der Waals surface area (Å²) in [5, 5.41) is 5.72. The molecule has 0 aromatic heterocycles. The van der Waals surface area contributed by atoms with Crippen LogP contribution >= 0.6 is 0 Å². The highest BCUT2D eigenvalue weighted by Gasteiger charge is 2.17. The summed E-state index contributed by atoms with van der Waals surface area (Å²) in [6.45, 7) is 5.99. The first-order valence-electron chi connectivity index (χ1n) is 10.1. The molecule has 6 nitrogen and oxygen atoms in total. The fraction of sp³-hybridized carbons (Fsp3) is 0.200. The molecular weight excluding hydrogens is 392 g/mol. The number of nitrogens with one attached hydrogen (secondary N) is 2. The minimum absolute atomic E-state index is 0.209. The molecule has 2 N–H and O–H groups in total. The Morgan fingerprint density at radius 3 is 2.19 bits per heavy atom. The molecule has 31 heavy (non-hydrogen) atoms. The molecule has 3 rings (SSSR count). The Labute approximate surface area is 182 Å². The van der Waals surface area contributed by atoms with E-state index in [2.05, 4.69) is 10.6 Å². The molecule has 0 heterocycles. The second-order valence-electron chi connectivity index (χ2n) is 6.97. The minimum atomic E-state index is -0.735. The van der Waals surface area contributed by atoms with Crippen molar-refractivity contribution in [2.45, 2.75) is 26.9 Å². The first kappa shape index (κ1) is 21.9. The predicted molar refractivity (Wildman–Crippen MR) is 122 cm³/mol. The van der Waals surface area contributed by atoms with Crippen molar-refractivity contribution in [2.75, 3.05) is 17.2 Å². The van der Waals surface area contributed by atoms with E-state index in [4.69, 9.17) is 9.47 Å². The highest BCUT2D eigenvalue weighted by atomic mass is 16.5. The van der Waals surface area contributed by atoms with Gasteiger partial charge in [-0.3, -0.25) is 9.59 Å². The normalized spacial score (nSPS) is 11.3. The van der Waals surface area contributed by atoms with E-state index < -0.39 is 6.10 Å². The first-order valence-corrected chi connectivity index (χ1v) is 10.1. The number of rotatable bonds is 8. The van der Waals surface area contributed by atoms with Crippen molar-refractivity contribution in [2.24, 2.45) is 0 Å². The number of amides is 2. The summed E-state index contributed by atoms with van der Waals surface area (Å²) in [7, 11) is 0. The molecule has 0 bridgehead atoms. The number of anilines is 2. The highest BCUT2D eigenvalue weighted by Crippen LogP contribution is 2.24. The second kappa shape index (κ2) is 10.3. The van der Waals surface area contributed by atoms with Gasteiger partial charge in [0.25, 0.3) is 11.8 Å². The zero-order valence-corrected chi connectivity index (χ0v) is 17.8. The lowest BCUT2D eigenvalue weighted by atomic mass is 10.1. The van der Waals surface area contributed by atoms with Crippen molar-refractivity contribution in [3.05, 3.63) is 83.9 Å². The maximum absolute atomic E-state index is 12.5. The topological polar surface area (TPSA) is 76.7 Å². The monoisotopic (exact) mass is 418 g/mol. The van der Waals surface area contributed by atoms with Gasteiger partial charge in [0.1, 0.15) is 11.5 Å². The molecule has 0 aliphatic rings. The van der Waals surface area contributed by atoms with Crippen LogP contribution in [-0.4, -0.2) is 24.5 Å². The predicted octanol–water partition coefficient (Wildman–Crippen LogP) is 5.05. The van der Waals surface area contributed by atoms with Gasteiger partial charge < -0.3 is 20.1 Å². The number of hydrogen-bond acceptors (Lipinski definition) is 4. The van der Waals surface area contributed by atoms with Crippen LogP contribution in [0.3, 0.4) is 0 Å². The Kier molecular flexibility index (Phi) is 7.27. The average molecular weight is 418 g/mol. The number of hydrogen-bond donors (Lipinski definition) is 2. The molecule has 0 saturated heterocycles. The molecule has 0 saturated carbocycles. The van der Waals surface area contributed by atoms with E-state index in [1.807, 2.05) is 50.2 Å². The third kappa shape index (κ3) is 5.85. The van der Waals surface area contributed by atoms with Crippen LogP contribution in [0.2, 0.25) is 0 Å². The highest BCUT2D eigenvalue weighted by molar-refractivity contribution is 6.04. The number of aryl methyl sites for hydroxylation is 1. The molecule has 0 fully saturated rings. The molecular formula is C25H26N2O4. The zero-order valence-electron chi connectivity index (χ0n) is 17.8. The van der Waals surface area contributed by atoms with Crippen molar-refractivity contribution in [1.82, 2.24) is 0 Å². The summed E-state index contributed by atoms with van der Waals surface area (Å²) in [5.74, 6) is 0.593. The van der Waals surface area contributed by atoms with Gasteiger partial charge in [0.05, 0.1) is 12.3 Å². The molecule has 6 heteroatoms. The molecule has 0 radical (unpaired) electrons. The number of para-hydroxylation sites is 3. The van der Waals surface area contributed by atoms with Gasteiger partial charge in [-0.05, 0) is 68.8 Å². The van der Waals surface area contributed by atoms with E-state index in [1.54, 1.807) is 43.3 Å². The van der Waals surface area contributed by atoms with Crippen LogP contribution in [-0.2, 0) is 4.79 Å². The third-order valence-corrected chi connectivity index (χ3v) is 4.64. The van der Waals surface area contributed by atoms with Crippen molar-refractivity contribution in [3.63, 3.8) is 0 Å². The molecule has 3 aromatic carbocycles. The number of carbonyl (C=O) groups is 2. The van der Waals surface area contributed by atoms with Crippen molar-refractivity contribution < 1.29 is 19.1 Å². The lowest BCUT2D eigenvalue weighted by Gasteiger charge is -2.16. The van der Waals surface area contributed by atoms with E-state index in [0.29, 0.717) is 29.4 Å². The van der Waals surface area contributed by atoms with Gasteiger partial charge in [-0.15, -0.1) is 0 Å². The van der Waals surface area contributed by atoms with Gasteiger partial charge in [0, 0.05) is 11.3 Å². The van der Waals surface area contributed by atoms with Gasteiger partial charge in [-0.25, -0.2) is 0 Å². The molecule has 0 aliphatic heterocycles. The van der Waals surface area contributed by atoms with Gasteiger partial charge in [0.2, 0.25) is 0 Å². The molecule has 3 aromatic rings. The average Bonchev–Trinajstić information content (AvgIpc) is 2.77. The number of ether oxygens (including phenoxy) is 2. The molecule has 2 amide bonds. The maximum atomic E-state index is 12.5. The lowest BCUT2D eigenvalue weighted by molar-refractivity contribution is -0.122. The summed E-state index contributed by atoms with van der Waals surface area (Å²) < 4.78 is 11.3.